The smallest absolute Gasteiger partial charge is 0.306 e. The maximum Gasteiger partial charge on any atom is 0.306 e. The van der Waals surface area contributed by atoms with Crippen LogP contribution in [0.25, 0.3) is 32.9 Å². The van der Waals surface area contributed by atoms with Crippen LogP contribution in [0.2, 0.25) is 0 Å². The second kappa shape index (κ2) is 10.7. The minimum absolute atomic E-state index is 0.139. The number of aromatic nitrogens is 3. The van der Waals surface area contributed by atoms with Crippen molar-refractivity contribution in [2.45, 2.75) is 32.2 Å². The van der Waals surface area contributed by atoms with E-state index < -0.39 is 5.97 Å². The van der Waals surface area contributed by atoms with Gasteiger partial charge in [-0.25, -0.2) is 0 Å². The lowest BCUT2D eigenvalue weighted by atomic mass is 9.82. The van der Waals surface area contributed by atoms with E-state index in [4.69, 9.17) is 0 Å². The molecule has 39 heavy (non-hydrogen) atoms. The van der Waals surface area contributed by atoms with Gasteiger partial charge in [-0.05, 0) is 72.6 Å². The van der Waals surface area contributed by atoms with E-state index in [1.165, 1.54) is 0 Å². The predicted octanol–water partition coefficient (Wildman–Crippen LogP) is 5.92. The van der Waals surface area contributed by atoms with Crippen LogP contribution in [0.1, 0.15) is 41.6 Å². The lowest BCUT2D eigenvalue weighted by molar-refractivity contribution is -0.143. The molecule has 3 aromatic carbocycles. The molecule has 0 saturated heterocycles. The molecule has 0 atom stereocenters. The number of pyridine rings is 1. The molecule has 2 N–H and O–H groups in total. The van der Waals surface area contributed by atoms with Crippen LogP contribution in [0.4, 0.5) is 0 Å². The van der Waals surface area contributed by atoms with Crippen molar-refractivity contribution in [2.24, 2.45) is 11.8 Å². The molecule has 2 aromatic heterocycles. The number of hydrogen-bond acceptors (Lipinski definition) is 4. The van der Waals surface area contributed by atoms with Crippen LogP contribution in [0, 0.1) is 11.8 Å². The first-order chi connectivity index (χ1) is 19.0. The van der Waals surface area contributed by atoms with E-state index in [-0.39, 0.29) is 17.7 Å². The highest BCUT2D eigenvalue weighted by molar-refractivity contribution is 6.07. The van der Waals surface area contributed by atoms with Gasteiger partial charge in [0.05, 0.1) is 35.3 Å². The van der Waals surface area contributed by atoms with Crippen LogP contribution in [0.5, 0.6) is 0 Å². The fourth-order valence-electron chi connectivity index (χ4n) is 5.65. The zero-order chi connectivity index (χ0) is 26.8. The number of carboxylic acid groups (broad SMARTS) is 1. The van der Waals surface area contributed by atoms with Gasteiger partial charge in [0.15, 0.2) is 0 Å². The number of nitrogens with zero attached hydrogens (tertiary/aromatic N) is 3. The molecule has 5 aromatic rings. The van der Waals surface area contributed by atoms with E-state index in [2.05, 4.69) is 39.7 Å². The van der Waals surface area contributed by atoms with Crippen molar-refractivity contribution in [2.75, 3.05) is 6.54 Å². The van der Waals surface area contributed by atoms with Crippen LogP contribution < -0.4 is 5.32 Å². The maximum absolute atomic E-state index is 13.7. The molecule has 1 aliphatic rings. The molecule has 7 heteroatoms. The number of benzene rings is 3. The number of aliphatic carboxylic acids is 1. The van der Waals surface area contributed by atoms with E-state index in [1.807, 2.05) is 59.4 Å². The number of carboxylic acids is 1. The van der Waals surface area contributed by atoms with Crippen LogP contribution in [-0.2, 0) is 11.3 Å². The molecule has 0 unspecified atom stereocenters. The molecule has 0 spiro atoms. The second-order valence-electron chi connectivity index (χ2n) is 10.4. The minimum atomic E-state index is -0.715. The van der Waals surface area contributed by atoms with E-state index in [0.29, 0.717) is 31.5 Å². The van der Waals surface area contributed by atoms with Crippen molar-refractivity contribution < 1.29 is 14.7 Å². The summed E-state index contributed by atoms with van der Waals surface area (Å²) in [4.78, 5) is 29.5. The van der Waals surface area contributed by atoms with E-state index in [1.54, 1.807) is 6.20 Å². The van der Waals surface area contributed by atoms with Crippen molar-refractivity contribution in [1.29, 1.82) is 0 Å². The van der Waals surface area contributed by atoms with Gasteiger partial charge in [-0.1, -0.05) is 48.5 Å². The monoisotopic (exact) mass is 518 g/mol. The molecular formula is C32H30N4O3. The number of rotatable bonds is 7. The topological polar surface area (TPSA) is 97.1 Å². The molecule has 0 aliphatic heterocycles. The van der Waals surface area contributed by atoms with E-state index in [9.17, 15) is 14.7 Å². The Morgan fingerprint density at radius 2 is 1.72 bits per heavy atom. The van der Waals surface area contributed by atoms with Crippen LogP contribution in [-0.4, -0.2) is 38.3 Å². The first-order valence-electron chi connectivity index (χ1n) is 13.4. The first kappa shape index (κ1) is 24.8. The Morgan fingerprint density at radius 3 is 2.51 bits per heavy atom. The third kappa shape index (κ3) is 5.25. The fraction of sp³-hybridized carbons (Fsp3) is 0.250. The fourth-order valence-corrected chi connectivity index (χ4v) is 5.65. The Hall–Kier alpha value is -4.52. The largest absolute Gasteiger partial charge is 0.481 e. The molecule has 7 nitrogen and oxygen atoms in total. The summed E-state index contributed by atoms with van der Waals surface area (Å²) < 4.78 is 1.89. The average molecular weight is 519 g/mol. The van der Waals surface area contributed by atoms with Crippen LogP contribution >= 0.6 is 0 Å². The van der Waals surface area contributed by atoms with Gasteiger partial charge >= 0.3 is 5.97 Å². The molecule has 1 saturated carbocycles. The highest BCUT2D eigenvalue weighted by atomic mass is 16.4. The summed E-state index contributed by atoms with van der Waals surface area (Å²) >= 11 is 0. The summed E-state index contributed by atoms with van der Waals surface area (Å²) in [5.74, 6) is -0.834. The molecule has 2 heterocycles. The molecular weight excluding hydrogens is 488 g/mol. The zero-order valence-electron chi connectivity index (χ0n) is 21.6. The normalized spacial score (nSPS) is 17.3. The third-order valence-corrected chi connectivity index (χ3v) is 7.84. The molecule has 6 rings (SSSR count). The van der Waals surface area contributed by atoms with Crippen molar-refractivity contribution in [1.82, 2.24) is 20.1 Å². The number of hydrogen-bond donors (Lipinski definition) is 2. The SMILES string of the molecule is O=C(NCC1CCC(C(=O)O)CC1)c1cc(-c2ccccc2)cc2cnn(Cc3ccc4cccnc4c3)c12. The standard InChI is InChI=1S/C32H30N4O3/c37-31(34-18-21-8-12-25(13-9-21)32(38)39)28-17-26(23-5-2-1-3-6-23)16-27-19-35-36(30(27)28)20-22-10-11-24-7-4-14-33-29(24)15-22/h1-7,10-11,14-17,19,21,25H,8-9,12-13,18,20H2,(H,34,37)(H,38,39). The van der Waals surface area contributed by atoms with Gasteiger partial charge in [0.25, 0.3) is 5.91 Å². The summed E-state index contributed by atoms with van der Waals surface area (Å²) in [6, 6.07) is 24.2. The Kier molecular flexibility index (Phi) is 6.80. The number of carbonyl (C=O) groups excluding carboxylic acids is 1. The molecule has 1 fully saturated rings. The lowest BCUT2D eigenvalue weighted by Crippen LogP contribution is -2.32. The second-order valence-corrected chi connectivity index (χ2v) is 10.4. The molecule has 196 valence electrons. The quantitative estimate of drug-likeness (QED) is 0.279. The van der Waals surface area contributed by atoms with E-state index in [0.717, 1.165) is 51.3 Å². The van der Waals surface area contributed by atoms with Crippen LogP contribution in [0.15, 0.2) is 85.2 Å². The Balaban J connectivity index is 1.31. The number of nitrogens with one attached hydrogen (secondary N) is 1. The first-order valence-corrected chi connectivity index (χ1v) is 13.4. The Labute approximate surface area is 226 Å². The van der Waals surface area contributed by atoms with Gasteiger partial charge in [-0.2, -0.15) is 5.10 Å². The predicted molar refractivity (Wildman–Crippen MR) is 151 cm³/mol. The third-order valence-electron chi connectivity index (χ3n) is 7.84. The van der Waals surface area contributed by atoms with Crippen LogP contribution in [0.3, 0.4) is 0 Å². The summed E-state index contributed by atoms with van der Waals surface area (Å²) in [7, 11) is 0. The maximum atomic E-state index is 13.7. The average Bonchev–Trinajstić information content (AvgIpc) is 3.38. The number of fused-ring (bicyclic) bond motifs is 2. The van der Waals surface area contributed by atoms with Crippen molar-refractivity contribution in [3.05, 3.63) is 96.3 Å². The Morgan fingerprint density at radius 1 is 0.897 bits per heavy atom. The molecule has 1 aliphatic carbocycles. The summed E-state index contributed by atoms with van der Waals surface area (Å²) in [5.41, 5.74) is 5.36. The summed E-state index contributed by atoms with van der Waals surface area (Å²) in [6.07, 6.45) is 6.56. The van der Waals surface area contributed by atoms with Gasteiger partial charge in [0.1, 0.15) is 0 Å². The van der Waals surface area contributed by atoms with Gasteiger partial charge in [-0.3, -0.25) is 19.3 Å². The van der Waals surface area contributed by atoms with Crippen molar-refractivity contribution in [3.8, 4) is 11.1 Å². The van der Waals surface area contributed by atoms with Gasteiger partial charge in [-0.15, -0.1) is 0 Å². The zero-order valence-corrected chi connectivity index (χ0v) is 21.6. The van der Waals surface area contributed by atoms with Gasteiger partial charge < -0.3 is 10.4 Å². The van der Waals surface area contributed by atoms with Crippen molar-refractivity contribution in [3.63, 3.8) is 0 Å². The minimum Gasteiger partial charge on any atom is -0.481 e. The summed E-state index contributed by atoms with van der Waals surface area (Å²) in [5, 5.41) is 19.1. The molecule has 0 radical (unpaired) electrons. The number of carbonyl (C=O) groups is 2. The summed E-state index contributed by atoms with van der Waals surface area (Å²) in [6.45, 7) is 1.05. The van der Waals surface area contributed by atoms with Gasteiger partial charge in [0, 0.05) is 23.5 Å². The van der Waals surface area contributed by atoms with E-state index >= 15 is 0 Å². The lowest BCUT2D eigenvalue weighted by Gasteiger charge is -2.26. The molecule has 1 amide bonds. The van der Waals surface area contributed by atoms with Gasteiger partial charge in [0.2, 0.25) is 0 Å². The highest BCUT2D eigenvalue weighted by Crippen LogP contribution is 2.30. The van der Waals surface area contributed by atoms with Crippen molar-refractivity contribution >= 4 is 33.7 Å². The number of amides is 1. The Bertz CT molecular complexity index is 1650. The molecule has 0 bridgehead atoms. The highest BCUT2D eigenvalue weighted by Gasteiger charge is 2.26.